The molecule has 16 heavy (non-hydrogen) atoms. The molecule has 0 saturated carbocycles. The number of hydrogen-bond acceptors (Lipinski definition) is 2. The summed E-state index contributed by atoms with van der Waals surface area (Å²) in [6.07, 6.45) is 0. The van der Waals surface area contributed by atoms with Gasteiger partial charge in [0.25, 0.3) is 5.91 Å². The summed E-state index contributed by atoms with van der Waals surface area (Å²) in [5.74, 6) is -0.483. The average Bonchev–Trinajstić information content (AvgIpc) is 2.75. The highest BCUT2D eigenvalue weighted by Gasteiger charge is 2.08. The summed E-state index contributed by atoms with van der Waals surface area (Å²) in [5, 5.41) is 6.34. The van der Waals surface area contributed by atoms with Crippen LogP contribution in [0.15, 0.2) is 35.0 Å². The lowest BCUT2D eigenvalue weighted by Crippen LogP contribution is -2.11. The lowest BCUT2D eigenvalue weighted by atomic mass is 10.2. The molecule has 2 nitrogen and oxygen atoms in total. The lowest BCUT2D eigenvalue weighted by Gasteiger charge is -2.06. The molecule has 0 atom stereocenters. The van der Waals surface area contributed by atoms with Crippen molar-refractivity contribution in [2.24, 2.45) is 0 Å². The van der Waals surface area contributed by atoms with Crippen LogP contribution < -0.4 is 5.32 Å². The number of nitrogens with one attached hydrogen (secondary N) is 1. The van der Waals surface area contributed by atoms with Gasteiger partial charge in [0.05, 0.1) is 11.3 Å². The molecule has 82 valence electrons. The molecule has 1 heterocycles. The smallest absolute Gasteiger partial charge is 0.256 e. The Balaban J connectivity index is 2.18. The molecule has 1 aromatic heterocycles. The first-order chi connectivity index (χ1) is 7.66. The van der Waals surface area contributed by atoms with E-state index in [1.807, 2.05) is 28.0 Å². The van der Waals surface area contributed by atoms with Crippen molar-refractivity contribution in [2.45, 2.75) is 0 Å². The van der Waals surface area contributed by atoms with E-state index in [2.05, 4.69) is 5.32 Å². The van der Waals surface area contributed by atoms with Crippen LogP contribution in [-0.2, 0) is 0 Å². The van der Waals surface area contributed by atoms with Crippen molar-refractivity contribution in [2.75, 3.05) is 5.32 Å². The molecule has 1 amide bonds. The van der Waals surface area contributed by atoms with Crippen molar-refractivity contribution < 1.29 is 9.18 Å². The summed E-state index contributed by atoms with van der Waals surface area (Å²) in [6, 6.07) is 6.01. The van der Waals surface area contributed by atoms with Gasteiger partial charge >= 0.3 is 0 Å². The van der Waals surface area contributed by atoms with Gasteiger partial charge in [0, 0.05) is 8.95 Å². The molecule has 0 aliphatic carbocycles. The van der Waals surface area contributed by atoms with Crippen LogP contribution in [0.3, 0.4) is 0 Å². The highest BCUT2D eigenvalue weighted by molar-refractivity contribution is 14.1. The molecule has 5 heteroatoms. The number of carbonyl (C=O) groups excluding carboxylic acids is 1. The molecule has 0 spiro atoms. The number of benzene rings is 1. The van der Waals surface area contributed by atoms with Crippen LogP contribution in [-0.4, -0.2) is 5.91 Å². The van der Waals surface area contributed by atoms with Gasteiger partial charge in [-0.05, 0) is 52.2 Å². The number of rotatable bonds is 2. The zero-order valence-corrected chi connectivity index (χ0v) is 11.0. The first-order valence-electron chi connectivity index (χ1n) is 4.45. The SMILES string of the molecule is O=C(Nc1ccc(F)cc1I)c1ccsc1. The highest BCUT2D eigenvalue weighted by Crippen LogP contribution is 2.20. The second kappa shape index (κ2) is 4.92. The second-order valence-electron chi connectivity index (χ2n) is 3.09. The predicted molar refractivity (Wildman–Crippen MR) is 71.4 cm³/mol. The Morgan fingerprint density at radius 2 is 2.19 bits per heavy atom. The third kappa shape index (κ3) is 2.59. The first-order valence-corrected chi connectivity index (χ1v) is 6.47. The molecule has 0 aliphatic heterocycles. The first kappa shape index (κ1) is 11.5. The van der Waals surface area contributed by atoms with E-state index in [1.165, 1.54) is 23.5 Å². The predicted octanol–water partition coefficient (Wildman–Crippen LogP) is 3.74. The molecule has 0 fully saturated rings. The van der Waals surface area contributed by atoms with E-state index >= 15 is 0 Å². The third-order valence-electron chi connectivity index (χ3n) is 1.96. The molecule has 1 N–H and O–H groups in total. The molecule has 0 aliphatic rings. The second-order valence-corrected chi connectivity index (χ2v) is 5.03. The molecular formula is C11H7FINOS. The van der Waals surface area contributed by atoms with Crippen molar-refractivity contribution in [3.05, 3.63) is 50.0 Å². The zero-order chi connectivity index (χ0) is 11.5. The summed E-state index contributed by atoms with van der Waals surface area (Å²) in [6.45, 7) is 0. The maximum absolute atomic E-state index is 12.8. The fraction of sp³-hybridized carbons (Fsp3) is 0. The van der Waals surface area contributed by atoms with Crippen LogP contribution in [0, 0.1) is 9.39 Å². The highest BCUT2D eigenvalue weighted by atomic mass is 127. The van der Waals surface area contributed by atoms with Gasteiger partial charge in [-0.2, -0.15) is 11.3 Å². The van der Waals surface area contributed by atoms with Gasteiger partial charge in [0.1, 0.15) is 5.82 Å². The van der Waals surface area contributed by atoms with Crippen LogP contribution in [0.5, 0.6) is 0 Å². The summed E-state index contributed by atoms with van der Waals surface area (Å²) < 4.78 is 13.5. The van der Waals surface area contributed by atoms with Crippen molar-refractivity contribution in [1.29, 1.82) is 0 Å². The summed E-state index contributed by atoms with van der Waals surface area (Å²) >= 11 is 3.45. The third-order valence-corrected chi connectivity index (χ3v) is 3.54. The minimum absolute atomic E-state index is 0.175. The lowest BCUT2D eigenvalue weighted by molar-refractivity contribution is 0.102. The number of thiophene rings is 1. The molecule has 2 aromatic rings. The Morgan fingerprint density at radius 1 is 1.38 bits per heavy atom. The van der Waals surface area contributed by atoms with Crippen LogP contribution in [0.2, 0.25) is 0 Å². The molecular weight excluding hydrogens is 340 g/mol. The van der Waals surface area contributed by atoms with Gasteiger partial charge < -0.3 is 5.32 Å². The molecule has 0 bridgehead atoms. The van der Waals surface area contributed by atoms with E-state index in [-0.39, 0.29) is 11.7 Å². The van der Waals surface area contributed by atoms with Crippen LogP contribution in [0.25, 0.3) is 0 Å². The Bertz CT molecular complexity index is 513. The monoisotopic (exact) mass is 347 g/mol. The van der Waals surface area contributed by atoms with Gasteiger partial charge in [-0.1, -0.05) is 0 Å². The van der Waals surface area contributed by atoms with Crippen LogP contribution >= 0.6 is 33.9 Å². The van der Waals surface area contributed by atoms with Crippen molar-refractivity contribution in [3.8, 4) is 0 Å². The van der Waals surface area contributed by atoms with Gasteiger partial charge in [-0.25, -0.2) is 4.39 Å². The maximum atomic E-state index is 12.8. The topological polar surface area (TPSA) is 29.1 Å². The van der Waals surface area contributed by atoms with Crippen molar-refractivity contribution >= 4 is 45.5 Å². The number of hydrogen-bond donors (Lipinski definition) is 1. The van der Waals surface area contributed by atoms with Gasteiger partial charge in [0.15, 0.2) is 0 Å². The van der Waals surface area contributed by atoms with Crippen LogP contribution in [0.4, 0.5) is 10.1 Å². The number of halogens is 2. The largest absolute Gasteiger partial charge is 0.321 e. The van der Waals surface area contributed by atoms with Gasteiger partial charge in [0.2, 0.25) is 0 Å². The normalized spacial score (nSPS) is 10.1. The van der Waals surface area contributed by atoms with Crippen molar-refractivity contribution in [3.63, 3.8) is 0 Å². The average molecular weight is 347 g/mol. The molecule has 0 saturated heterocycles. The van der Waals surface area contributed by atoms with Crippen LogP contribution in [0.1, 0.15) is 10.4 Å². The Hall–Kier alpha value is -0.950. The molecule has 0 unspecified atom stereocenters. The van der Waals surface area contributed by atoms with E-state index < -0.39 is 0 Å². The van der Waals surface area contributed by atoms with Gasteiger partial charge in [-0.3, -0.25) is 4.79 Å². The van der Waals surface area contributed by atoms with Crippen molar-refractivity contribution in [1.82, 2.24) is 0 Å². The molecule has 2 rings (SSSR count). The Morgan fingerprint density at radius 3 is 2.81 bits per heavy atom. The molecule has 1 aromatic carbocycles. The van der Waals surface area contributed by atoms with Gasteiger partial charge in [-0.15, -0.1) is 0 Å². The standard InChI is InChI=1S/C11H7FINOS/c12-8-1-2-10(9(13)5-8)14-11(15)7-3-4-16-6-7/h1-6H,(H,14,15). The summed E-state index contributed by atoms with van der Waals surface area (Å²) in [5.41, 5.74) is 1.24. The summed E-state index contributed by atoms with van der Waals surface area (Å²) in [7, 11) is 0. The van der Waals surface area contributed by atoms with E-state index in [9.17, 15) is 9.18 Å². The van der Waals surface area contributed by atoms with E-state index in [0.29, 0.717) is 14.8 Å². The molecule has 0 radical (unpaired) electrons. The fourth-order valence-corrected chi connectivity index (χ4v) is 2.43. The Kier molecular flexibility index (Phi) is 3.55. The fourth-order valence-electron chi connectivity index (χ4n) is 1.18. The minimum atomic E-state index is -0.307. The maximum Gasteiger partial charge on any atom is 0.256 e. The quantitative estimate of drug-likeness (QED) is 0.824. The van der Waals surface area contributed by atoms with E-state index in [0.717, 1.165) is 0 Å². The zero-order valence-electron chi connectivity index (χ0n) is 8.04. The number of anilines is 1. The Labute approximate surface area is 110 Å². The summed E-state index contributed by atoms with van der Waals surface area (Å²) in [4.78, 5) is 11.7. The van der Waals surface area contributed by atoms with E-state index in [4.69, 9.17) is 0 Å². The number of carbonyl (C=O) groups is 1. The number of amides is 1. The van der Waals surface area contributed by atoms with E-state index in [1.54, 1.807) is 17.5 Å². The minimum Gasteiger partial charge on any atom is -0.321 e.